The number of carbonyl (C=O) groups excluding carboxylic acids is 1. The van der Waals surface area contributed by atoms with Gasteiger partial charge in [-0.1, -0.05) is 45.4 Å². The van der Waals surface area contributed by atoms with Crippen molar-refractivity contribution in [3.8, 4) is 0 Å². The molecule has 1 fully saturated rings. The first-order valence-electron chi connectivity index (χ1n) is 8.20. The van der Waals surface area contributed by atoms with Crippen LogP contribution in [0.3, 0.4) is 0 Å². The molecular formula is C18H25ClFNO2S. The molecule has 3 nitrogen and oxygen atoms in total. The van der Waals surface area contributed by atoms with Crippen molar-refractivity contribution >= 4 is 29.3 Å². The minimum absolute atomic E-state index is 0.0389. The number of rotatable bonds is 5. The molecule has 0 spiro atoms. The minimum atomic E-state index is -0.468. The second-order valence-electron chi connectivity index (χ2n) is 6.99. The maximum atomic E-state index is 13.9. The largest absolute Gasteiger partial charge is 0.369 e. The maximum absolute atomic E-state index is 13.9. The third kappa shape index (κ3) is 4.87. The van der Waals surface area contributed by atoms with E-state index in [4.69, 9.17) is 16.3 Å². The Hall–Kier alpha value is -0.780. The Morgan fingerprint density at radius 3 is 2.75 bits per heavy atom. The first-order chi connectivity index (χ1) is 11.2. The average Bonchev–Trinajstić information content (AvgIpc) is 2.51. The number of hydrogen-bond acceptors (Lipinski definition) is 3. The average molecular weight is 374 g/mol. The summed E-state index contributed by atoms with van der Waals surface area (Å²) in [6.07, 6.45) is 0.849. The Morgan fingerprint density at radius 2 is 2.17 bits per heavy atom. The summed E-state index contributed by atoms with van der Waals surface area (Å²) in [5.74, 6) is 0.338. The van der Waals surface area contributed by atoms with Crippen molar-refractivity contribution < 1.29 is 13.9 Å². The van der Waals surface area contributed by atoms with Crippen LogP contribution in [0.25, 0.3) is 0 Å². The molecule has 134 valence electrons. The van der Waals surface area contributed by atoms with E-state index < -0.39 is 5.82 Å². The number of hydrogen-bond donors (Lipinski definition) is 0. The number of halogens is 2. The van der Waals surface area contributed by atoms with Gasteiger partial charge >= 0.3 is 0 Å². The van der Waals surface area contributed by atoms with Crippen LogP contribution in [-0.2, 0) is 9.53 Å². The molecule has 2 unspecified atom stereocenters. The maximum Gasteiger partial charge on any atom is 0.249 e. The second kappa shape index (κ2) is 8.07. The lowest BCUT2D eigenvalue weighted by Gasteiger charge is -2.41. The van der Waals surface area contributed by atoms with Crippen molar-refractivity contribution in [2.45, 2.75) is 50.9 Å². The van der Waals surface area contributed by atoms with E-state index in [2.05, 4.69) is 27.7 Å². The van der Waals surface area contributed by atoms with E-state index in [9.17, 15) is 9.18 Å². The summed E-state index contributed by atoms with van der Waals surface area (Å²) in [7, 11) is 0. The zero-order valence-corrected chi connectivity index (χ0v) is 16.2. The van der Waals surface area contributed by atoms with Gasteiger partial charge in [0.1, 0.15) is 12.4 Å². The van der Waals surface area contributed by atoms with Gasteiger partial charge in [0, 0.05) is 16.5 Å². The molecular weight excluding hydrogens is 349 g/mol. The summed E-state index contributed by atoms with van der Waals surface area (Å²) in [5, 5.41) is 0.0867. The van der Waals surface area contributed by atoms with Crippen molar-refractivity contribution in [3.63, 3.8) is 0 Å². The Morgan fingerprint density at radius 1 is 1.46 bits per heavy atom. The highest BCUT2D eigenvalue weighted by Gasteiger charge is 2.35. The highest BCUT2D eigenvalue weighted by atomic mass is 35.5. The van der Waals surface area contributed by atoms with E-state index in [-0.39, 0.29) is 34.4 Å². The van der Waals surface area contributed by atoms with E-state index in [0.717, 1.165) is 17.7 Å². The fourth-order valence-electron chi connectivity index (χ4n) is 2.76. The van der Waals surface area contributed by atoms with Gasteiger partial charge in [-0.05, 0) is 24.1 Å². The topological polar surface area (TPSA) is 29.5 Å². The predicted molar refractivity (Wildman–Crippen MR) is 98.1 cm³/mol. The molecule has 2 rings (SSSR count). The van der Waals surface area contributed by atoms with Gasteiger partial charge in [-0.2, -0.15) is 11.8 Å². The zero-order chi connectivity index (χ0) is 17.9. The Kier molecular flexibility index (Phi) is 6.57. The quantitative estimate of drug-likeness (QED) is 0.749. The van der Waals surface area contributed by atoms with Gasteiger partial charge in [0.2, 0.25) is 5.91 Å². The molecule has 1 amide bonds. The van der Waals surface area contributed by atoms with Gasteiger partial charge in [0.25, 0.3) is 0 Å². The molecule has 1 saturated heterocycles. The molecule has 0 saturated carbocycles. The predicted octanol–water partition coefficient (Wildman–Crippen LogP) is 4.69. The van der Waals surface area contributed by atoms with Crippen molar-refractivity contribution in [2.75, 3.05) is 19.0 Å². The van der Waals surface area contributed by atoms with E-state index in [0.29, 0.717) is 6.61 Å². The molecule has 0 N–H and O–H groups in total. The smallest absolute Gasteiger partial charge is 0.249 e. The summed E-state index contributed by atoms with van der Waals surface area (Å²) in [4.78, 5) is 14.4. The molecule has 1 aromatic carbocycles. The highest BCUT2D eigenvalue weighted by Crippen LogP contribution is 2.33. The first kappa shape index (κ1) is 19.5. The third-order valence-electron chi connectivity index (χ3n) is 4.03. The van der Waals surface area contributed by atoms with Crippen LogP contribution in [0.5, 0.6) is 0 Å². The molecule has 0 bridgehead atoms. The Bertz CT molecular complexity index is 591. The van der Waals surface area contributed by atoms with Gasteiger partial charge < -0.3 is 9.64 Å². The number of thioether (sulfide) groups is 1. The molecule has 1 aromatic rings. The number of benzene rings is 1. The summed E-state index contributed by atoms with van der Waals surface area (Å²) in [6.45, 7) is 9.04. The SMILES string of the molecule is CCC(CSC(C)(C)C)N1C(=O)COCC1c1ccc(Cl)c(F)c1. The lowest BCUT2D eigenvalue weighted by atomic mass is 10.0. The molecule has 0 radical (unpaired) electrons. The van der Waals surface area contributed by atoms with E-state index >= 15 is 0 Å². The number of amides is 1. The number of ether oxygens (including phenoxy) is 1. The van der Waals surface area contributed by atoms with Crippen LogP contribution < -0.4 is 0 Å². The van der Waals surface area contributed by atoms with E-state index in [1.165, 1.54) is 12.1 Å². The standard InChI is InChI=1S/C18H25ClFNO2S/c1-5-13(11-24-18(2,3)4)21-16(9-23-10-17(21)22)12-6-7-14(19)15(20)8-12/h6-8,13,16H,5,9-11H2,1-4H3. The third-order valence-corrected chi connectivity index (χ3v) is 5.75. The van der Waals surface area contributed by atoms with Gasteiger partial charge in [-0.15, -0.1) is 0 Å². The number of morpholine rings is 1. The van der Waals surface area contributed by atoms with Gasteiger partial charge in [-0.25, -0.2) is 4.39 Å². The van der Waals surface area contributed by atoms with Gasteiger partial charge in [-0.3, -0.25) is 4.79 Å². The zero-order valence-electron chi connectivity index (χ0n) is 14.6. The fraction of sp³-hybridized carbons (Fsp3) is 0.611. The minimum Gasteiger partial charge on any atom is -0.369 e. The summed E-state index contributed by atoms with van der Waals surface area (Å²) >= 11 is 7.62. The molecule has 2 atom stereocenters. The summed E-state index contributed by atoms with van der Waals surface area (Å²) in [5.41, 5.74) is 0.726. The summed E-state index contributed by atoms with van der Waals surface area (Å²) in [6, 6.07) is 4.53. The van der Waals surface area contributed by atoms with Crippen LogP contribution in [0, 0.1) is 5.82 Å². The van der Waals surface area contributed by atoms with Gasteiger partial charge in [0.15, 0.2) is 0 Å². The molecule has 0 aromatic heterocycles. The van der Waals surface area contributed by atoms with Crippen LogP contribution in [0.1, 0.15) is 45.7 Å². The highest BCUT2D eigenvalue weighted by molar-refractivity contribution is 8.00. The van der Waals surface area contributed by atoms with Crippen molar-refractivity contribution in [2.24, 2.45) is 0 Å². The lowest BCUT2D eigenvalue weighted by Crippen LogP contribution is -2.50. The van der Waals surface area contributed by atoms with E-state index in [1.54, 1.807) is 6.07 Å². The van der Waals surface area contributed by atoms with Crippen LogP contribution >= 0.6 is 23.4 Å². The van der Waals surface area contributed by atoms with Crippen molar-refractivity contribution in [3.05, 3.63) is 34.6 Å². The molecule has 6 heteroatoms. The summed E-state index contributed by atoms with van der Waals surface area (Å²) < 4.78 is 19.4. The van der Waals surface area contributed by atoms with Crippen LogP contribution in [0.4, 0.5) is 4.39 Å². The molecule has 1 heterocycles. The Labute approximate surface area is 152 Å². The fourth-order valence-corrected chi connectivity index (χ4v) is 3.97. The van der Waals surface area contributed by atoms with Crippen LogP contribution in [0.2, 0.25) is 5.02 Å². The molecule has 0 aliphatic carbocycles. The Balaban J connectivity index is 2.26. The van der Waals surface area contributed by atoms with Crippen LogP contribution in [0.15, 0.2) is 18.2 Å². The monoisotopic (exact) mass is 373 g/mol. The first-order valence-corrected chi connectivity index (χ1v) is 9.57. The molecule has 24 heavy (non-hydrogen) atoms. The molecule has 1 aliphatic heterocycles. The number of carbonyl (C=O) groups is 1. The molecule has 1 aliphatic rings. The van der Waals surface area contributed by atoms with E-state index in [1.807, 2.05) is 16.7 Å². The van der Waals surface area contributed by atoms with Gasteiger partial charge in [0.05, 0.1) is 17.7 Å². The normalized spacial score (nSPS) is 20.3. The van der Waals surface area contributed by atoms with Crippen molar-refractivity contribution in [1.29, 1.82) is 0 Å². The number of nitrogens with zero attached hydrogens (tertiary/aromatic N) is 1. The second-order valence-corrected chi connectivity index (χ2v) is 9.24. The van der Waals surface area contributed by atoms with Crippen LogP contribution in [-0.4, -0.2) is 40.6 Å². The lowest BCUT2D eigenvalue weighted by molar-refractivity contribution is -0.151. The van der Waals surface area contributed by atoms with Crippen molar-refractivity contribution in [1.82, 2.24) is 4.90 Å².